The molecule has 1 atom stereocenters. The zero-order chi connectivity index (χ0) is 11.6. The maximum Gasteiger partial charge on any atom is 0.158 e. The van der Waals surface area contributed by atoms with Gasteiger partial charge in [0.15, 0.2) is 5.78 Å². The van der Waals surface area contributed by atoms with Crippen LogP contribution in [0.15, 0.2) is 0 Å². The minimum absolute atomic E-state index is 0.0923. The van der Waals surface area contributed by atoms with Gasteiger partial charge in [-0.2, -0.15) is 0 Å². The van der Waals surface area contributed by atoms with Crippen LogP contribution < -0.4 is 0 Å². The number of Topliss-reactive ketones (excluding diaryl/α,β-unsaturated/α-hetero) is 1. The van der Waals surface area contributed by atoms with Gasteiger partial charge in [-0.1, -0.05) is 34.6 Å². The molecule has 3 heteroatoms. The van der Waals surface area contributed by atoms with E-state index < -0.39 is 16.4 Å². The molecule has 0 saturated carbocycles. The highest BCUT2D eigenvalue weighted by atomic mass is 35.5. The Morgan fingerprint density at radius 2 is 1.64 bits per heavy atom. The predicted molar refractivity (Wildman–Crippen MR) is 59.6 cm³/mol. The van der Waals surface area contributed by atoms with E-state index in [2.05, 4.69) is 0 Å². The van der Waals surface area contributed by atoms with Crippen LogP contribution in [0.25, 0.3) is 0 Å². The summed E-state index contributed by atoms with van der Waals surface area (Å²) < 4.78 is 0. The molecule has 0 aliphatic heterocycles. The van der Waals surface area contributed by atoms with Gasteiger partial charge in [0.05, 0.1) is 5.60 Å². The molecular weight excluding hydrogens is 200 g/mol. The Kier molecular flexibility index (Phi) is 4.60. The lowest BCUT2D eigenvalue weighted by atomic mass is 9.81. The fourth-order valence-corrected chi connectivity index (χ4v) is 1.87. The zero-order valence-electron chi connectivity index (χ0n) is 9.72. The number of aliphatic hydroxyl groups is 1. The van der Waals surface area contributed by atoms with Crippen LogP contribution in [0.1, 0.15) is 47.5 Å². The third-order valence-electron chi connectivity index (χ3n) is 2.67. The van der Waals surface area contributed by atoms with E-state index in [0.29, 0.717) is 12.8 Å². The molecule has 0 aliphatic carbocycles. The first-order chi connectivity index (χ1) is 6.19. The van der Waals surface area contributed by atoms with Crippen molar-refractivity contribution in [3.63, 3.8) is 0 Å². The summed E-state index contributed by atoms with van der Waals surface area (Å²) in [5.74, 6) is -0.0923. The maximum absolute atomic E-state index is 11.8. The molecule has 84 valence electrons. The Hall–Kier alpha value is -0.0800. The van der Waals surface area contributed by atoms with E-state index in [1.165, 1.54) is 0 Å². The van der Waals surface area contributed by atoms with Crippen molar-refractivity contribution in [1.29, 1.82) is 0 Å². The van der Waals surface area contributed by atoms with Crippen molar-refractivity contribution in [3.05, 3.63) is 0 Å². The van der Waals surface area contributed by atoms with Gasteiger partial charge in [-0.25, -0.2) is 0 Å². The summed E-state index contributed by atoms with van der Waals surface area (Å²) in [6.07, 6.45) is 0.999. The second kappa shape index (κ2) is 4.63. The molecule has 0 rings (SSSR count). The van der Waals surface area contributed by atoms with Crippen LogP contribution in [-0.2, 0) is 4.79 Å². The normalized spacial score (nSPS) is 15.4. The molecular formula is C11H21ClO2. The third-order valence-corrected chi connectivity index (χ3v) is 3.27. The van der Waals surface area contributed by atoms with E-state index in [1.807, 2.05) is 34.6 Å². The zero-order valence-corrected chi connectivity index (χ0v) is 10.5. The third kappa shape index (κ3) is 2.96. The Morgan fingerprint density at radius 3 is 1.86 bits per heavy atom. The first-order valence-electron chi connectivity index (χ1n) is 5.09. The van der Waals surface area contributed by atoms with Gasteiger partial charge in [-0.3, -0.25) is 4.79 Å². The van der Waals surface area contributed by atoms with Crippen molar-refractivity contribution in [2.45, 2.75) is 58.4 Å². The van der Waals surface area contributed by atoms with Crippen LogP contribution in [0.3, 0.4) is 0 Å². The molecule has 0 aromatic carbocycles. The Labute approximate surface area is 91.6 Å². The second-order valence-electron chi connectivity index (χ2n) is 4.79. The summed E-state index contributed by atoms with van der Waals surface area (Å²) in [5, 5.41) is 9.27. The number of carbonyl (C=O) groups excluding carboxylic acids is 1. The van der Waals surface area contributed by atoms with Gasteiger partial charge in [0.2, 0.25) is 0 Å². The van der Waals surface area contributed by atoms with E-state index in [-0.39, 0.29) is 5.78 Å². The SMILES string of the molecule is CCC(O)(CC)[C@@H](Cl)C(=O)C(C)(C)C. The molecule has 0 bridgehead atoms. The van der Waals surface area contributed by atoms with Crippen molar-refractivity contribution < 1.29 is 9.90 Å². The number of rotatable bonds is 4. The number of alkyl halides is 1. The highest BCUT2D eigenvalue weighted by Crippen LogP contribution is 2.30. The van der Waals surface area contributed by atoms with Crippen LogP contribution in [0.4, 0.5) is 0 Å². The number of carbonyl (C=O) groups is 1. The molecule has 0 unspecified atom stereocenters. The second-order valence-corrected chi connectivity index (χ2v) is 5.22. The molecule has 0 aliphatic rings. The lowest BCUT2D eigenvalue weighted by Gasteiger charge is -2.33. The standard InChI is InChI=1S/C11H21ClO2/c1-6-11(14,7-2)8(12)9(13)10(3,4)5/h8,14H,6-7H2,1-5H3/t8-/m0/s1. The predicted octanol–water partition coefficient (Wildman–Crippen LogP) is 2.76. The maximum atomic E-state index is 11.8. The van der Waals surface area contributed by atoms with Gasteiger partial charge in [-0.15, -0.1) is 11.6 Å². The average Bonchev–Trinajstić information content (AvgIpc) is 2.12. The van der Waals surface area contributed by atoms with E-state index in [4.69, 9.17) is 11.6 Å². The fourth-order valence-electron chi connectivity index (χ4n) is 1.23. The van der Waals surface area contributed by atoms with Crippen LogP contribution in [-0.4, -0.2) is 21.9 Å². The first kappa shape index (κ1) is 13.9. The lowest BCUT2D eigenvalue weighted by molar-refractivity contribution is -0.131. The van der Waals surface area contributed by atoms with Crippen LogP contribution in [0.2, 0.25) is 0 Å². The van der Waals surface area contributed by atoms with E-state index >= 15 is 0 Å². The van der Waals surface area contributed by atoms with Crippen molar-refractivity contribution in [1.82, 2.24) is 0 Å². The average molecular weight is 221 g/mol. The smallest absolute Gasteiger partial charge is 0.158 e. The topological polar surface area (TPSA) is 37.3 Å². The van der Waals surface area contributed by atoms with Crippen molar-refractivity contribution in [3.8, 4) is 0 Å². The summed E-state index contributed by atoms with van der Waals surface area (Å²) in [5.41, 5.74) is -1.56. The summed E-state index contributed by atoms with van der Waals surface area (Å²) >= 11 is 6.02. The highest BCUT2D eigenvalue weighted by molar-refractivity contribution is 6.32. The lowest BCUT2D eigenvalue weighted by Crippen LogP contribution is -2.46. The van der Waals surface area contributed by atoms with E-state index in [9.17, 15) is 9.90 Å². The van der Waals surface area contributed by atoms with Gasteiger partial charge >= 0.3 is 0 Å². The van der Waals surface area contributed by atoms with Gasteiger partial charge in [0.1, 0.15) is 5.38 Å². The molecule has 0 aromatic heterocycles. The molecule has 0 aromatic rings. The minimum atomic E-state index is -1.06. The molecule has 0 amide bonds. The van der Waals surface area contributed by atoms with Crippen LogP contribution in [0.5, 0.6) is 0 Å². The van der Waals surface area contributed by atoms with E-state index in [1.54, 1.807) is 0 Å². The van der Waals surface area contributed by atoms with Crippen LogP contribution >= 0.6 is 11.6 Å². The Morgan fingerprint density at radius 1 is 1.29 bits per heavy atom. The molecule has 0 spiro atoms. The summed E-state index contributed by atoms with van der Waals surface area (Å²) in [6.45, 7) is 9.13. The quantitative estimate of drug-likeness (QED) is 0.740. The van der Waals surface area contributed by atoms with Gasteiger partial charge in [0, 0.05) is 5.41 Å². The minimum Gasteiger partial charge on any atom is -0.388 e. The van der Waals surface area contributed by atoms with Crippen molar-refractivity contribution in [2.75, 3.05) is 0 Å². The van der Waals surface area contributed by atoms with E-state index in [0.717, 1.165) is 0 Å². The highest BCUT2D eigenvalue weighted by Gasteiger charge is 2.41. The molecule has 2 nitrogen and oxygen atoms in total. The fraction of sp³-hybridized carbons (Fsp3) is 0.909. The summed E-state index contributed by atoms with van der Waals surface area (Å²) in [4.78, 5) is 11.8. The molecule has 0 saturated heterocycles. The summed E-state index contributed by atoms with van der Waals surface area (Å²) in [7, 11) is 0. The summed E-state index contributed by atoms with van der Waals surface area (Å²) in [6, 6.07) is 0. The van der Waals surface area contributed by atoms with Gasteiger partial charge < -0.3 is 5.11 Å². The Balaban J connectivity index is 4.77. The van der Waals surface area contributed by atoms with Crippen molar-refractivity contribution >= 4 is 17.4 Å². The number of halogens is 1. The monoisotopic (exact) mass is 220 g/mol. The van der Waals surface area contributed by atoms with Crippen molar-refractivity contribution in [2.24, 2.45) is 5.41 Å². The number of hydrogen-bond donors (Lipinski definition) is 1. The number of hydrogen-bond acceptors (Lipinski definition) is 2. The largest absolute Gasteiger partial charge is 0.388 e. The molecule has 0 fully saturated rings. The molecule has 14 heavy (non-hydrogen) atoms. The van der Waals surface area contributed by atoms with Gasteiger partial charge in [-0.05, 0) is 12.8 Å². The van der Waals surface area contributed by atoms with Crippen LogP contribution in [0, 0.1) is 5.41 Å². The first-order valence-corrected chi connectivity index (χ1v) is 5.53. The van der Waals surface area contributed by atoms with Gasteiger partial charge in [0.25, 0.3) is 0 Å². The molecule has 0 heterocycles. The number of ketones is 1. The molecule has 1 N–H and O–H groups in total. The Bertz CT molecular complexity index is 202. The molecule has 0 radical (unpaired) electrons.